The Hall–Kier alpha value is -3.45. The molecule has 0 aliphatic heterocycles. The fraction of sp³-hybridized carbons (Fsp3) is 0.312. The van der Waals surface area contributed by atoms with Crippen molar-refractivity contribution in [2.75, 3.05) is 18.9 Å². The van der Waals surface area contributed by atoms with E-state index in [1.165, 1.54) is 7.05 Å². The molecular formula is C16H17N7O3. The molecule has 26 heavy (non-hydrogen) atoms. The van der Waals surface area contributed by atoms with Gasteiger partial charge in [-0.1, -0.05) is 6.07 Å². The van der Waals surface area contributed by atoms with Crippen molar-refractivity contribution in [1.82, 2.24) is 21.1 Å². The number of hydroxylamine groups is 1. The molecule has 2 aromatic rings. The zero-order valence-corrected chi connectivity index (χ0v) is 14.0. The summed E-state index contributed by atoms with van der Waals surface area (Å²) in [7, 11) is 1.52. The lowest BCUT2D eigenvalue weighted by Gasteiger charge is -2.10. The molecule has 134 valence electrons. The molecule has 1 aliphatic rings. The minimum Gasteiger partial charge on any atom is -0.358 e. The molecule has 4 N–H and O–H groups in total. The van der Waals surface area contributed by atoms with Crippen LogP contribution in [0.25, 0.3) is 0 Å². The highest BCUT2D eigenvalue weighted by Crippen LogP contribution is 2.35. The Morgan fingerprint density at radius 3 is 3.08 bits per heavy atom. The molecule has 10 heteroatoms. The van der Waals surface area contributed by atoms with Gasteiger partial charge in [0.1, 0.15) is 0 Å². The minimum absolute atomic E-state index is 0.0335. The van der Waals surface area contributed by atoms with Gasteiger partial charge >= 0.3 is 0 Å². The third kappa shape index (κ3) is 3.47. The largest absolute Gasteiger partial charge is 0.358 e. The van der Waals surface area contributed by atoms with Gasteiger partial charge in [-0.25, -0.2) is 4.63 Å². The summed E-state index contributed by atoms with van der Waals surface area (Å²) in [6.07, 6.45) is 1.56. The smallest absolute Gasteiger partial charge is 0.239 e. The number of anilines is 1. The van der Waals surface area contributed by atoms with Crippen molar-refractivity contribution in [2.24, 2.45) is 4.99 Å². The third-order valence-electron chi connectivity index (χ3n) is 4.12. The summed E-state index contributed by atoms with van der Waals surface area (Å²) in [5, 5.41) is 31.2. The molecule has 0 bridgehead atoms. The first kappa shape index (κ1) is 17.4. The van der Waals surface area contributed by atoms with Gasteiger partial charge < -0.3 is 10.6 Å². The molecule has 0 spiro atoms. The highest BCUT2D eigenvalue weighted by Gasteiger charge is 2.25. The number of carbonyl (C=O) groups is 1. The molecule has 1 atom stereocenters. The molecule has 1 amide bonds. The van der Waals surface area contributed by atoms with Crippen LogP contribution in [0.2, 0.25) is 0 Å². The van der Waals surface area contributed by atoms with Crippen molar-refractivity contribution in [1.29, 1.82) is 5.26 Å². The average Bonchev–Trinajstić information content (AvgIpc) is 3.30. The summed E-state index contributed by atoms with van der Waals surface area (Å²) in [5.74, 6) is -0.00749. The van der Waals surface area contributed by atoms with Gasteiger partial charge in [0.05, 0.1) is 24.2 Å². The van der Waals surface area contributed by atoms with E-state index in [0.717, 1.165) is 24.0 Å². The summed E-state index contributed by atoms with van der Waals surface area (Å²) < 4.78 is 4.70. The molecule has 1 unspecified atom stereocenters. The molecule has 1 aromatic carbocycles. The number of nitriles is 1. The summed E-state index contributed by atoms with van der Waals surface area (Å²) in [6, 6.07) is 7.38. The van der Waals surface area contributed by atoms with Crippen LogP contribution < -0.4 is 16.1 Å². The Balaban J connectivity index is 1.86. The molecule has 3 rings (SSSR count). The standard InChI is InChI=1S/C16H17N7O3/c1-18-13(24)8-19-15-14(22-26-23-15)16(21-25)20-12-5-4-10-3-2-9(7-17)6-11(10)12/h2-3,6,12,25H,4-5,8H2,1H3,(H,18,24)(H,19,23)(H,20,21). The van der Waals surface area contributed by atoms with Crippen LogP contribution in [-0.4, -0.2) is 40.9 Å². The topological polar surface area (TPSA) is 148 Å². The van der Waals surface area contributed by atoms with Crippen molar-refractivity contribution in [3.8, 4) is 6.07 Å². The van der Waals surface area contributed by atoms with Gasteiger partial charge in [0, 0.05) is 7.05 Å². The average molecular weight is 355 g/mol. The lowest BCUT2D eigenvalue weighted by atomic mass is 10.1. The number of aryl methyl sites for hydroxylation is 1. The van der Waals surface area contributed by atoms with E-state index in [4.69, 9.17) is 9.89 Å². The van der Waals surface area contributed by atoms with Crippen LogP contribution in [0.3, 0.4) is 0 Å². The number of aromatic nitrogens is 2. The van der Waals surface area contributed by atoms with Crippen molar-refractivity contribution in [3.63, 3.8) is 0 Å². The number of hydrogen-bond acceptors (Lipinski definition) is 8. The Bertz CT molecular complexity index is 884. The Kier molecular flexibility index (Phi) is 5.09. The number of benzene rings is 1. The maximum Gasteiger partial charge on any atom is 0.239 e. The van der Waals surface area contributed by atoms with Gasteiger partial charge in [-0.3, -0.25) is 20.5 Å². The zero-order chi connectivity index (χ0) is 18.5. The van der Waals surface area contributed by atoms with Crippen LogP contribution in [-0.2, 0) is 11.2 Å². The second-order valence-electron chi connectivity index (χ2n) is 5.66. The van der Waals surface area contributed by atoms with E-state index in [1.807, 2.05) is 11.5 Å². The maximum atomic E-state index is 11.4. The van der Waals surface area contributed by atoms with E-state index in [2.05, 4.69) is 32.0 Å². The second kappa shape index (κ2) is 7.62. The molecule has 10 nitrogen and oxygen atoms in total. The number of amides is 1. The van der Waals surface area contributed by atoms with Crippen LogP contribution in [0.5, 0.6) is 0 Å². The molecule has 1 aliphatic carbocycles. The van der Waals surface area contributed by atoms with E-state index in [-0.39, 0.29) is 35.8 Å². The van der Waals surface area contributed by atoms with Crippen molar-refractivity contribution in [2.45, 2.75) is 18.9 Å². The highest BCUT2D eigenvalue weighted by atomic mass is 16.6. The number of hydrogen-bond donors (Lipinski definition) is 4. The number of nitrogens with one attached hydrogen (secondary N) is 3. The molecular weight excluding hydrogens is 338 g/mol. The third-order valence-corrected chi connectivity index (χ3v) is 4.12. The van der Waals surface area contributed by atoms with Crippen LogP contribution in [0.15, 0.2) is 27.8 Å². The van der Waals surface area contributed by atoms with Gasteiger partial charge in [0.2, 0.25) is 11.7 Å². The predicted octanol–water partition coefficient (Wildman–Crippen LogP) is 0.512. The first-order valence-corrected chi connectivity index (χ1v) is 7.94. The van der Waals surface area contributed by atoms with E-state index in [9.17, 15) is 10.0 Å². The number of nitrogens with zero attached hydrogens (tertiary/aromatic N) is 4. The fourth-order valence-corrected chi connectivity index (χ4v) is 2.80. The van der Waals surface area contributed by atoms with Crippen LogP contribution in [0.4, 0.5) is 5.82 Å². The molecule has 0 saturated carbocycles. The van der Waals surface area contributed by atoms with Gasteiger partial charge in [-0.2, -0.15) is 5.26 Å². The minimum atomic E-state index is -0.247. The zero-order valence-electron chi connectivity index (χ0n) is 14.0. The lowest BCUT2D eigenvalue weighted by Crippen LogP contribution is -2.28. The Labute approximate surface area is 148 Å². The SMILES string of the molecule is CNC(=O)CNc1nonc1C(=NC1CCc2ccc(C#N)cc21)NO. The predicted molar refractivity (Wildman–Crippen MR) is 90.5 cm³/mol. The summed E-state index contributed by atoms with van der Waals surface area (Å²) in [5.41, 5.74) is 4.78. The summed E-state index contributed by atoms with van der Waals surface area (Å²) in [6.45, 7) is -0.0335. The number of rotatable bonds is 5. The Morgan fingerprint density at radius 1 is 1.50 bits per heavy atom. The number of fused-ring (bicyclic) bond motifs is 1. The van der Waals surface area contributed by atoms with Crippen LogP contribution in [0.1, 0.15) is 34.8 Å². The first-order valence-electron chi connectivity index (χ1n) is 7.94. The summed E-state index contributed by atoms with van der Waals surface area (Å²) >= 11 is 0. The normalized spacial score (nSPS) is 15.9. The molecule has 0 saturated heterocycles. The number of likely N-dealkylation sites (N-methyl/N-ethyl adjacent to an activating group) is 1. The van der Waals surface area contributed by atoms with Crippen molar-refractivity contribution < 1.29 is 14.6 Å². The quantitative estimate of drug-likeness (QED) is 0.344. The van der Waals surface area contributed by atoms with Gasteiger partial charge in [0.25, 0.3) is 0 Å². The van der Waals surface area contributed by atoms with E-state index in [1.54, 1.807) is 12.1 Å². The molecule has 1 aromatic heterocycles. The monoisotopic (exact) mass is 355 g/mol. The highest BCUT2D eigenvalue weighted by molar-refractivity contribution is 6.00. The second-order valence-corrected chi connectivity index (χ2v) is 5.66. The number of amidine groups is 1. The fourth-order valence-electron chi connectivity index (χ4n) is 2.80. The molecule has 1 heterocycles. The van der Waals surface area contributed by atoms with Gasteiger partial charge in [-0.05, 0) is 46.4 Å². The van der Waals surface area contributed by atoms with Crippen molar-refractivity contribution in [3.05, 3.63) is 40.6 Å². The lowest BCUT2D eigenvalue weighted by molar-refractivity contribution is -0.118. The van der Waals surface area contributed by atoms with Gasteiger partial charge in [0.15, 0.2) is 11.5 Å². The van der Waals surface area contributed by atoms with E-state index in [0.29, 0.717) is 5.56 Å². The number of carbonyl (C=O) groups excluding carboxylic acids is 1. The van der Waals surface area contributed by atoms with Crippen molar-refractivity contribution >= 4 is 17.6 Å². The molecule has 0 radical (unpaired) electrons. The van der Waals surface area contributed by atoms with Crippen LogP contribution in [0, 0.1) is 11.3 Å². The summed E-state index contributed by atoms with van der Waals surface area (Å²) in [4.78, 5) is 15.9. The van der Waals surface area contributed by atoms with Crippen LogP contribution >= 0.6 is 0 Å². The number of aliphatic imine (C=N–C) groups is 1. The van der Waals surface area contributed by atoms with Gasteiger partial charge in [-0.15, -0.1) is 0 Å². The van der Waals surface area contributed by atoms with E-state index < -0.39 is 0 Å². The van der Waals surface area contributed by atoms with E-state index >= 15 is 0 Å². The Morgan fingerprint density at radius 2 is 2.35 bits per heavy atom. The maximum absolute atomic E-state index is 11.4. The molecule has 0 fully saturated rings. The first-order chi connectivity index (χ1) is 12.7.